The first-order valence-electron chi connectivity index (χ1n) is 10.6. The third kappa shape index (κ3) is 4.80. The molecule has 0 aliphatic carbocycles. The number of carbonyl (C=O) groups excluding carboxylic acids is 4. The van der Waals surface area contributed by atoms with Crippen LogP contribution in [0.2, 0.25) is 0 Å². The highest BCUT2D eigenvalue weighted by Crippen LogP contribution is 2.35. The van der Waals surface area contributed by atoms with Gasteiger partial charge in [-0.15, -0.1) is 0 Å². The van der Waals surface area contributed by atoms with Crippen LogP contribution in [-0.4, -0.2) is 56.0 Å². The van der Waals surface area contributed by atoms with E-state index in [1.165, 1.54) is 14.2 Å². The zero-order valence-corrected chi connectivity index (χ0v) is 19.8. The quantitative estimate of drug-likeness (QED) is 0.508. The first-order chi connectivity index (χ1) is 16.1. The number of aryl methyl sites for hydroxylation is 2. The number of rotatable bonds is 8. The fourth-order valence-corrected chi connectivity index (χ4v) is 3.76. The molecular weight excluding hydrogens is 440 g/mol. The van der Waals surface area contributed by atoms with E-state index in [-0.39, 0.29) is 6.54 Å². The highest BCUT2D eigenvalue weighted by Gasteiger charge is 2.49. The Morgan fingerprint density at radius 3 is 2.26 bits per heavy atom. The fourth-order valence-electron chi connectivity index (χ4n) is 3.76. The minimum absolute atomic E-state index is 0.302. The van der Waals surface area contributed by atoms with Crippen LogP contribution in [0.25, 0.3) is 0 Å². The van der Waals surface area contributed by atoms with E-state index < -0.39 is 35.8 Å². The van der Waals surface area contributed by atoms with E-state index >= 15 is 0 Å². The van der Waals surface area contributed by atoms with Crippen molar-refractivity contribution in [2.75, 3.05) is 32.6 Å². The van der Waals surface area contributed by atoms with E-state index in [2.05, 4.69) is 16.0 Å². The summed E-state index contributed by atoms with van der Waals surface area (Å²) >= 11 is 0. The van der Waals surface area contributed by atoms with Crippen LogP contribution >= 0.6 is 0 Å². The van der Waals surface area contributed by atoms with Crippen LogP contribution in [0.3, 0.4) is 0 Å². The van der Waals surface area contributed by atoms with Crippen molar-refractivity contribution in [1.29, 1.82) is 0 Å². The van der Waals surface area contributed by atoms with Gasteiger partial charge in [0.2, 0.25) is 11.8 Å². The minimum Gasteiger partial charge on any atom is -0.493 e. The minimum atomic E-state index is -1.39. The summed E-state index contributed by atoms with van der Waals surface area (Å²) in [5.74, 6) is -0.786. The Labute approximate surface area is 197 Å². The lowest BCUT2D eigenvalue weighted by Crippen LogP contribution is -2.44. The van der Waals surface area contributed by atoms with Crippen molar-refractivity contribution in [3.8, 4) is 11.5 Å². The van der Waals surface area contributed by atoms with Gasteiger partial charge in [-0.1, -0.05) is 24.3 Å². The van der Waals surface area contributed by atoms with Gasteiger partial charge in [0.05, 0.1) is 20.8 Å². The first kappa shape index (κ1) is 24.6. The summed E-state index contributed by atoms with van der Waals surface area (Å²) in [6.45, 7) is 4.46. The lowest BCUT2D eigenvalue weighted by molar-refractivity contribution is -0.135. The van der Waals surface area contributed by atoms with Gasteiger partial charge >= 0.3 is 6.03 Å². The molecule has 0 spiro atoms. The standard InChI is InChI=1S/C24H28N4O6/c1-14-7-6-8-15(2)21(14)26-19(29)12-25-20(30)13-28-22(31)24(3,27-23(28)32)16-9-10-17(33-4)18(11-16)34-5/h6-11H,12-13H2,1-5H3,(H,25,30)(H,26,29)(H,27,32). The number of anilines is 1. The second-order valence-electron chi connectivity index (χ2n) is 8.11. The number of ether oxygens (including phenoxy) is 2. The van der Waals surface area contributed by atoms with Crippen LogP contribution < -0.4 is 25.4 Å². The second kappa shape index (κ2) is 9.82. The summed E-state index contributed by atoms with van der Waals surface area (Å²) in [5.41, 5.74) is 1.55. The highest BCUT2D eigenvalue weighted by molar-refractivity contribution is 6.09. The molecular formula is C24H28N4O6. The smallest absolute Gasteiger partial charge is 0.325 e. The van der Waals surface area contributed by atoms with E-state index in [0.717, 1.165) is 16.0 Å². The van der Waals surface area contributed by atoms with Gasteiger partial charge in [0.15, 0.2) is 11.5 Å². The van der Waals surface area contributed by atoms with Crippen molar-refractivity contribution >= 4 is 29.4 Å². The number of nitrogens with one attached hydrogen (secondary N) is 3. The molecule has 1 fully saturated rings. The van der Waals surface area contributed by atoms with Crippen molar-refractivity contribution in [2.24, 2.45) is 0 Å². The average Bonchev–Trinajstić information content (AvgIpc) is 3.03. The van der Waals surface area contributed by atoms with E-state index in [1.807, 2.05) is 32.0 Å². The molecule has 10 heteroatoms. The Balaban J connectivity index is 1.63. The molecule has 0 aromatic heterocycles. The van der Waals surface area contributed by atoms with Gasteiger partial charge in [-0.2, -0.15) is 0 Å². The molecule has 3 rings (SSSR count). The molecule has 0 saturated carbocycles. The molecule has 1 aliphatic heterocycles. The molecule has 1 unspecified atom stereocenters. The number of carbonyl (C=O) groups is 4. The molecule has 10 nitrogen and oxygen atoms in total. The zero-order chi connectivity index (χ0) is 25.0. The number of imide groups is 1. The highest BCUT2D eigenvalue weighted by atomic mass is 16.5. The predicted molar refractivity (Wildman–Crippen MR) is 125 cm³/mol. The van der Waals surface area contributed by atoms with Crippen LogP contribution in [0.15, 0.2) is 36.4 Å². The molecule has 34 heavy (non-hydrogen) atoms. The topological polar surface area (TPSA) is 126 Å². The molecule has 0 bridgehead atoms. The maximum Gasteiger partial charge on any atom is 0.325 e. The molecule has 1 saturated heterocycles. The van der Waals surface area contributed by atoms with E-state index in [0.29, 0.717) is 22.7 Å². The molecule has 1 aliphatic rings. The van der Waals surface area contributed by atoms with Gasteiger partial charge in [-0.05, 0) is 49.6 Å². The van der Waals surface area contributed by atoms with E-state index in [9.17, 15) is 19.2 Å². The van der Waals surface area contributed by atoms with E-state index in [4.69, 9.17) is 9.47 Å². The van der Waals surface area contributed by atoms with Gasteiger partial charge in [0.1, 0.15) is 12.1 Å². The van der Waals surface area contributed by atoms with Gasteiger partial charge in [0, 0.05) is 5.69 Å². The summed E-state index contributed by atoms with van der Waals surface area (Å²) < 4.78 is 10.5. The van der Waals surface area contributed by atoms with Crippen LogP contribution in [0, 0.1) is 13.8 Å². The number of urea groups is 1. The number of benzene rings is 2. The maximum absolute atomic E-state index is 13.1. The van der Waals surface area contributed by atoms with Crippen LogP contribution in [0.5, 0.6) is 11.5 Å². The Kier molecular flexibility index (Phi) is 7.09. The monoisotopic (exact) mass is 468 g/mol. The lowest BCUT2D eigenvalue weighted by atomic mass is 9.91. The number of methoxy groups -OCH3 is 2. The molecule has 1 atom stereocenters. The molecule has 3 N–H and O–H groups in total. The van der Waals surface area contributed by atoms with Crippen LogP contribution in [-0.2, 0) is 19.9 Å². The van der Waals surface area contributed by atoms with Crippen molar-refractivity contribution in [1.82, 2.24) is 15.5 Å². The van der Waals surface area contributed by atoms with Gasteiger partial charge in [-0.25, -0.2) is 4.79 Å². The van der Waals surface area contributed by atoms with Crippen molar-refractivity contribution in [3.63, 3.8) is 0 Å². The summed E-state index contributed by atoms with van der Waals surface area (Å²) in [5, 5.41) is 7.85. The number of hydrogen-bond donors (Lipinski definition) is 3. The molecule has 0 radical (unpaired) electrons. The van der Waals surface area contributed by atoms with E-state index in [1.54, 1.807) is 25.1 Å². The first-order valence-corrected chi connectivity index (χ1v) is 10.6. The number of amides is 5. The van der Waals surface area contributed by atoms with Crippen molar-refractivity contribution < 1.29 is 28.7 Å². The molecule has 5 amide bonds. The molecule has 1 heterocycles. The number of para-hydroxylation sites is 1. The van der Waals surface area contributed by atoms with Crippen LogP contribution in [0.1, 0.15) is 23.6 Å². The van der Waals surface area contributed by atoms with Crippen molar-refractivity contribution in [3.05, 3.63) is 53.1 Å². The largest absolute Gasteiger partial charge is 0.493 e. The molecule has 180 valence electrons. The fraction of sp³-hybridized carbons (Fsp3) is 0.333. The normalized spacial score (nSPS) is 17.3. The van der Waals surface area contributed by atoms with Gasteiger partial charge in [0.25, 0.3) is 5.91 Å². The summed E-state index contributed by atoms with van der Waals surface area (Å²) in [6, 6.07) is 9.78. The third-order valence-corrected chi connectivity index (χ3v) is 5.73. The predicted octanol–water partition coefficient (Wildman–Crippen LogP) is 1.84. The summed E-state index contributed by atoms with van der Waals surface area (Å²) in [6.07, 6.45) is 0. The van der Waals surface area contributed by atoms with Gasteiger partial charge < -0.3 is 25.4 Å². The van der Waals surface area contributed by atoms with Gasteiger partial charge in [-0.3, -0.25) is 19.3 Å². The number of nitrogens with zero attached hydrogens (tertiary/aromatic N) is 1. The molecule has 2 aromatic rings. The molecule has 2 aromatic carbocycles. The second-order valence-corrected chi connectivity index (χ2v) is 8.11. The Morgan fingerprint density at radius 1 is 1.00 bits per heavy atom. The maximum atomic E-state index is 13.1. The SMILES string of the molecule is COc1ccc(C2(C)NC(=O)N(CC(=O)NCC(=O)Nc3c(C)cccc3C)C2=O)cc1OC. The summed E-state index contributed by atoms with van der Waals surface area (Å²) in [4.78, 5) is 51.1. The average molecular weight is 469 g/mol. The lowest BCUT2D eigenvalue weighted by Gasteiger charge is -2.23. The Morgan fingerprint density at radius 2 is 1.65 bits per heavy atom. The Hall–Kier alpha value is -4.08. The summed E-state index contributed by atoms with van der Waals surface area (Å²) in [7, 11) is 2.96. The zero-order valence-electron chi connectivity index (χ0n) is 19.8. The van der Waals surface area contributed by atoms with Crippen LogP contribution in [0.4, 0.5) is 10.5 Å². The third-order valence-electron chi connectivity index (χ3n) is 5.73. The Bertz CT molecular complexity index is 1130. The van der Waals surface area contributed by atoms with Crippen molar-refractivity contribution in [2.45, 2.75) is 26.3 Å². The number of hydrogen-bond acceptors (Lipinski definition) is 6.